The smallest absolute Gasteiger partial charge is 0.0464 e. The van der Waals surface area contributed by atoms with Gasteiger partial charge in [-0.1, -0.05) is 182 Å². The van der Waals surface area contributed by atoms with E-state index in [4.69, 9.17) is 0 Å². The third-order valence-electron chi connectivity index (χ3n) is 19.3. The number of para-hydroxylation sites is 6. The molecule has 16 aromatic carbocycles. The Morgan fingerprint density at radius 3 is 0.429 bits per heavy atom. The summed E-state index contributed by atoms with van der Waals surface area (Å²) in [6, 6.07) is 151. The average molecular weight is 1350 g/mol. The lowest BCUT2D eigenvalue weighted by Gasteiger charge is -2.28. The van der Waals surface area contributed by atoms with Crippen molar-refractivity contribution in [1.82, 2.24) is 0 Å². The minimum Gasteiger partial charge on any atom is -0.311 e. The van der Waals surface area contributed by atoms with Crippen LogP contribution in [0.4, 0.5) is 102 Å². The fourth-order valence-corrected chi connectivity index (χ4v) is 14.2. The van der Waals surface area contributed by atoms with Crippen LogP contribution < -0.4 is 29.4 Å². The van der Waals surface area contributed by atoms with E-state index >= 15 is 0 Å². The molecule has 6 nitrogen and oxygen atoms in total. The van der Waals surface area contributed by atoms with E-state index in [9.17, 15) is 0 Å². The second-order valence-corrected chi connectivity index (χ2v) is 26.5. The largest absolute Gasteiger partial charge is 0.311 e. The molecule has 16 rings (SSSR count). The number of aryl methyl sites for hydroxylation is 3. The van der Waals surface area contributed by atoms with Gasteiger partial charge >= 0.3 is 0 Å². The number of anilines is 18. The van der Waals surface area contributed by atoms with Crippen LogP contribution in [0.15, 0.2) is 419 Å². The van der Waals surface area contributed by atoms with Gasteiger partial charge in [0.1, 0.15) is 0 Å². The van der Waals surface area contributed by atoms with E-state index in [1.54, 1.807) is 0 Å². The SMILES string of the molecule is Cc1cccc(N(c2ccccc2)c2ccc(N(c3ccccc3)c3ccc(-c4cc(-c5ccc(N(c6ccccc6)c6ccc(N(c7ccccc7)c7cccc(C)c7)cc6)cc5)cc(-c5ccc(N(c6ccc(N(c7ccccc7)c7ccccc7)cc6)c6cccc(C)c6)cc5)c4)cc3)cc2)c1. The molecule has 0 bridgehead atoms. The lowest BCUT2D eigenvalue weighted by molar-refractivity contribution is 1.25. The maximum atomic E-state index is 2.36. The van der Waals surface area contributed by atoms with Crippen molar-refractivity contribution in [3.8, 4) is 33.4 Å². The van der Waals surface area contributed by atoms with Crippen LogP contribution in [0, 0.1) is 20.8 Å². The van der Waals surface area contributed by atoms with Crippen LogP contribution in [0.25, 0.3) is 33.4 Å². The van der Waals surface area contributed by atoms with Crippen LogP contribution in [-0.2, 0) is 0 Å². The quantitative estimate of drug-likeness (QED) is 0.0709. The zero-order chi connectivity index (χ0) is 70.8. The highest BCUT2D eigenvalue weighted by atomic mass is 15.2. The molecule has 0 fully saturated rings. The molecule has 105 heavy (non-hydrogen) atoms. The molecule has 504 valence electrons. The topological polar surface area (TPSA) is 19.4 Å². The molecular formula is C99H78N6. The summed E-state index contributed by atoms with van der Waals surface area (Å²) in [7, 11) is 0. The molecule has 0 aliphatic rings. The predicted molar refractivity (Wildman–Crippen MR) is 445 cm³/mol. The van der Waals surface area contributed by atoms with Crippen molar-refractivity contribution in [2.24, 2.45) is 0 Å². The Bertz CT molecular complexity index is 5250. The van der Waals surface area contributed by atoms with Crippen LogP contribution in [0.5, 0.6) is 0 Å². The van der Waals surface area contributed by atoms with E-state index in [0.29, 0.717) is 0 Å². The summed E-state index contributed by atoms with van der Waals surface area (Å²) < 4.78 is 0. The van der Waals surface area contributed by atoms with Crippen molar-refractivity contribution < 1.29 is 0 Å². The van der Waals surface area contributed by atoms with Crippen molar-refractivity contribution in [1.29, 1.82) is 0 Å². The van der Waals surface area contributed by atoms with Crippen molar-refractivity contribution in [3.63, 3.8) is 0 Å². The molecule has 0 saturated carbocycles. The molecule has 0 atom stereocenters. The van der Waals surface area contributed by atoms with Crippen LogP contribution >= 0.6 is 0 Å². The molecule has 0 aromatic heterocycles. The first-order valence-corrected chi connectivity index (χ1v) is 35.9. The van der Waals surface area contributed by atoms with Crippen molar-refractivity contribution in [2.45, 2.75) is 20.8 Å². The number of rotatable bonds is 21. The number of nitrogens with zero attached hydrogens (tertiary/aromatic N) is 6. The van der Waals surface area contributed by atoms with Gasteiger partial charge in [-0.15, -0.1) is 0 Å². The number of hydrogen-bond donors (Lipinski definition) is 0. The van der Waals surface area contributed by atoms with Gasteiger partial charge in [0, 0.05) is 102 Å². The van der Waals surface area contributed by atoms with Gasteiger partial charge in [-0.05, 0) is 307 Å². The molecule has 16 aromatic rings. The van der Waals surface area contributed by atoms with Gasteiger partial charge in [0.2, 0.25) is 0 Å². The average Bonchev–Trinajstić information content (AvgIpc) is 0.779. The van der Waals surface area contributed by atoms with Gasteiger partial charge < -0.3 is 29.4 Å². The molecule has 0 aliphatic carbocycles. The highest BCUT2D eigenvalue weighted by Crippen LogP contribution is 2.46. The van der Waals surface area contributed by atoms with Gasteiger partial charge in [-0.3, -0.25) is 0 Å². The third kappa shape index (κ3) is 14.5. The molecule has 0 spiro atoms. The minimum atomic E-state index is 1.05. The molecule has 0 radical (unpaired) electrons. The normalized spacial score (nSPS) is 11.0. The van der Waals surface area contributed by atoms with E-state index < -0.39 is 0 Å². The van der Waals surface area contributed by atoms with E-state index in [-0.39, 0.29) is 0 Å². The van der Waals surface area contributed by atoms with Crippen molar-refractivity contribution >= 4 is 102 Å². The Labute approximate surface area is 617 Å². The number of hydrogen-bond acceptors (Lipinski definition) is 6. The summed E-state index contributed by atoms with van der Waals surface area (Å²) >= 11 is 0. The monoisotopic (exact) mass is 1350 g/mol. The second kappa shape index (κ2) is 30.3. The molecule has 0 amide bonds. The maximum absolute atomic E-state index is 2.36. The van der Waals surface area contributed by atoms with Crippen LogP contribution in [0.3, 0.4) is 0 Å². The zero-order valence-corrected chi connectivity index (χ0v) is 59.0. The van der Waals surface area contributed by atoms with Gasteiger partial charge in [0.05, 0.1) is 0 Å². The van der Waals surface area contributed by atoms with Crippen LogP contribution in [0.2, 0.25) is 0 Å². The first kappa shape index (κ1) is 65.9. The summed E-state index contributed by atoms with van der Waals surface area (Å²) in [6.45, 7) is 6.46. The van der Waals surface area contributed by atoms with E-state index in [0.717, 1.165) is 136 Å². The Morgan fingerprint density at radius 2 is 0.257 bits per heavy atom. The highest BCUT2D eigenvalue weighted by molar-refractivity contribution is 5.89. The van der Waals surface area contributed by atoms with Crippen LogP contribution in [-0.4, -0.2) is 0 Å². The zero-order valence-electron chi connectivity index (χ0n) is 59.0. The molecule has 0 unspecified atom stereocenters. The second-order valence-electron chi connectivity index (χ2n) is 26.5. The van der Waals surface area contributed by atoms with Crippen molar-refractivity contribution in [2.75, 3.05) is 29.4 Å². The Hall–Kier alpha value is -13.7. The molecule has 0 N–H and O–H groups in total. The summed E-state index contributed by atoms with van der Waals surface area (Å²) in [6.07, 6.45) is 0. The van der Waals surface area contributed by atoms with Crippen molar-refractivity contribution in [3.05, 3.63) is 435 Å². The first-order valence-electron chi connectivity index (χ1n) is 35.9. The summed E-state index contributed by atoms with van der Waals surface area (Å²) in [4.78, 5) is 14.0. The molecule has 0 aliphatic heterocycles. The summed E-state index contributed by atoms with van der Waals surface area (Å²) in [5, 5.41) is 0. The third-order valence-corrected chi connectivity index (χ3v) is 19.3. The molecule has 0 heterocycles. The van der Waals surface area contributed by atoms with Gasteiger partial charge in [-0.25, -0.2) is 0 Å². The Morgan fingerprint density at radius 1 is 0.114 bits per heavy atom. The fourth-order valence-electron chi connectivity index (χ4n) is 14.2. The van der Waals surface area contributed by atoms with E-state index in [2.05, 4.69) is 469 Å². The Balaban J connectivity index is 0.767. The minimum absolute atomic E-state index is 1.05. The predicted octanol–water partition coefficient (Wildman–Crippen LogP) is 28.4. The fraction of sp³-hybridized carbons (Fsp3) is 0.0303. The molecule has 6 heteroatoms. The highest BCUT2D eigenvalue weighted by Gasteiger charge is 2.22. The Kier molecular flexibility index (Phi) is 19.0. The van der Waals surface area contributed by atoms with E-state index in [1.165, 1.54) is 16.7 Å². The molecule has 0 saturated heterocycles. The maximum Gasteiger partial charge on any atom is 0.0464 e. The summed E-state index contributed by atoms with van der Waals surface area (Å²) in [5.74, 6) is 0. The van der Waals surface area contributed by atoms with Gasteiger partial charge in [0.15, 0.2) is 0 Å². The van der Waals surface area contributed by atoms with Crippen LogP contribution in [0.1, 0.15) is 16.7 Å². The summed E-state index contributed by atoms with van der Waals surface area (Å²) in [5.41, 5.74) is 29.6. The lowest BCUT2D eigenvalue weighted by Crippen LogP contribution is -2.12. The first-order chi connectivity index (χ1) is 51.8. The number of benzene rings is 16. The standard InChI is InChI=1S/C99H78N6/c1-73-25-22-40-97(67-73)103(86-36-18-8-19-37-86)94-61-57-92(58-62-94)101(84-32-14-6-15-33-84)88-49-43-76(44-50-88)79-70-80(77-45-51-89(52-46-77)102(85-34-16-7-17-35-85)93-59-63-95(64-60-93)104(87-38-20-9-21-39-87)98-41-23-26-74(2)68-98)72-81(71-79)78-47-53-90(54-48-78)105(99-42-24-27-75(3)69-99)96-65-55-91(56-66-96)100(82-28-10-4-11-29-82)83-30-12-5-13-31-83/h4-72H,1-3H3. The van der Waals surface area contributed by atoms with Gasteiger partial charge in [-0.2, -0.15) is 0 Å². The lowest BCUT2D eigenvalue weighted by atomic mass is 9.93. The molecular weight excluding hydrogens is 1270 g/mol. The van der Waals surface area contributed by atoms with E-state index in [1.807, 2.05) is 0 Å². The van der Waals surface area contributed by atoms with Gasteiger partial charge in [0.25, 0.3) is 0 Å².